The summed E-state index contributed by atoms with van der Waals surface area (Å²) in [6.07, 6.45) is 22.1. The Hall–Kier alpha value is -1.04. The first-order valence-corrected chi connectivity index (χ1v) is 9.75. The molecule has 0 nitrogen and oxygen atoms in total. The molecule has 0 spiro atoms. The molecule has 0 heteroatoms. The molecule has 0 heterocycles. The highest BCUT2D eigenvalue weighted by Gasteiger charge is 2.35. The highest BCUT2D eigenvalue weighted by Crippen LogP contribution is 2.51. The normalized spacial score (nSPS) is 34.2. The fraction of sp³-hybridized carbons (Fsp3) is 0.636. The molecular weight excluding hydrogens is 264 g/mol. The summed E-state index contributed by atoms with van der Waals surface area (Å²) in [6.45, 7) is 0. The van der Waals surface area contributed by atoms with Crippen molar-refractivity contribution in [3.8, 4) is 0 Å². The molecule has 0 aromatic carbocycles. The van der Waals surface area contributed by atoms with E-state index < -0.39 is 0 Å². The molecule has 2 unspecified atom stereocenters. The topological polar surface area (TPSA) is 0 Å². The SMILES string of the molecule is C1=C2CCC3C(=CC4=C3CCCC4)CCC2C2=C1CCCC2. The lowest BCUT2D eigenvalue weighted by Crippen LogP contribution is -2.15. The fourth-order valence-corrected chi connectivity index (χ4v) is 5.96. The van der Waals surface area contributed by atoms with Crippen LogP contribution in [0.25, 0.3) is 0 Å². The van der Waals surface area contributed by atoms with Crippen LogP contribution in [0.5, 0.6) is 0 Å². The van der Waals surface area contributed by atoms with Crippen molar-refractivity contribution >= 4 is 0 Å². The largest absolute Gasteiger partial charge is 0.0627 e. The van der Waals surface area contributed by atoms with Crippen molar-refractivity contribution < 1.29 is 0 Å². The Labute approximate surface area is 135 Å². The van der Waals surface area contributed by atoms with Crippen LogP contribution in [0.2, 0.25) is 0 Å². The Morgan fingerprint density at radius 3 is 1.50 bits per heavy atom. The maximum Gasteiger partial charge on any atom is 0.00190 e. The monoisotopic (exact) mass is 292 g/mol. The van der Waals surface area contributed by atoms with E-state index in [1.54, 1.807) is 11.1 Å². The molecule has 1 fully saturated rings. The lowest BCUT2D eigenvalue weighted by molar-refractivity contribution is 0.488. The zero-order valence-electron chi connectivity index (χ0n) is 13.8. The Bertz CT molecular complexity index is 566. The molecule has 0 aromatic rings. The predicted molar refractivity (Wildman–Crippen MR) is 92.6 cm³/mol. The average Bonchev–Trinajstić information content (AvgIpc) is 3.06. The van der Waals surface area contributed by atoms with Crippen molar-refractivity contribution in [2.75, 3.05) is 0 Å². The fourth-order valence-electron chi connectivity index (χ4n) is 5.96. The summed E-state index contributed by atoms with van der Waals surface area (Å²) >= 11 is 0. The van der Waals surface area contributed by atoms with E-state index >= 15 is 0 Å². The Balaban J connectivity index is 1.42. The van der Waals surface area contributed by atoms with E-state index in [-0.39, 0.29) is 0 Å². The quantitative estimate of drug-likeness (QED) is 0.483. The lowest BCUT2D eigenvalue weighted by atomic mass is 9.76. The van der Waals surface area contributed by atoms with E-state index in [9.17, 15) is 0 Å². The summed E-state index contributed by atoms with van der Waals surface area (Å²) in [5.74, 6) is 1.68. The smallest absolute Gasteiger partial charge is 0.00190 e. The number of hydrogen-bond acceptors (Lipinski definition) is 0. The third kappa shape index (κ3) is 2.02. The van der Waals surface area contributed by atoms with Gasteiger partial charge in [0.05, 0.1) is 0 Å². The first-order chi connectivity index (χ1) is 10.9. The van der Waals surface area contributed by atoms with Gasteiger partial charge in [-0.2, -0.15) is 0 Å². The molecule has 0 aliphatic heterocycles. The summed E-state index contributed by atoms with van der Waals surface area (Å²) in [5.41, 5.74) is 10.9. The maximum absolute atomic E-state index is 2.64. The Morgan fingerprint density at radius 2 is 1.00 bits per heavy atom. The van der Waals surface area contributed by atoms with Gasteiger partial charge in [0.1, 0.15) is 0 Å². The van der Waals surface area contributed by atoms with E-state index in [4.69, 9.17) is 0 Å². The molecule has 0 N–H and O–H groups in total. The molecule has 0 bridgehead atoms. The minimum atomic E-state index is 0.842. The zero-order valence-corrected chi connectivity index (χ0v) is 13.8. The number of fused-ring (bicyclic) bond motifs is 4. The molecule has 0 radical (unpaired) electrons. The van der Waals surface area contributed by atoms with Crippen LogP contribution in [0.1, 0.15) is 77.0 Å². The summed E-state index contributed by atoms with van der Waals surface area (Å²) in [5, 5.41) is 0. The van der Waals surface area contributed by atoms with Gasteiger partial charge in [0.2, 0.25) is 0 Å². The third-order valence-electron chi connectivity index (χ3n) is 7.01. The van der Waals surface area contributed by atoms with Gasteiger partial charge in [-0.25, -0.2) is 0 Å². The molecule has 5 rings (SSSR count). The third-order valence-corrected chi connectivity index (χ3v) is 7.01. The van der Waals surface area contributed by atoms with Gasteiger partial charge in [-0.1, -0.05) is 34.4 Å². The highest BCUT2D eigenvalue weighted by atomic mass is 14.4. The maximum atomic E-state index is 2.64. The molecule has 22 heavy (non-hydrogen) atoms. The van der Waals surface area contributed by atoms with E-state index in [0.717, 1.165) is 11.8 Å². The Morgan fingerprint density at radius 1 is 0.545 bits per heavy atom. The van der Waals surface area contributed by atoms with Gasteiger partial charge in [-0.15, -0.1) is 0 Å². The standard InChI is InChI=1S/C22H28/c1-3-7-19-15(5-1)13-17-9-12-22-18(10-11-21(17)19)14-16-6-2-4-8-20(16)22/h13-14,21-22H,1-12H2. The van der Waals surface area contributed by atoms with Gasteiger partial charge >= 0.3 is 0 Å². The van der Waals surface area contributed by atoms with E-state index in [1.807, 2.05) is 22.3 Å². The molecule has 0 amide bonds. The van der Waals surface area contributed by atoms with E-state index in [0.29, 0.717) is 0 Å². The van der Waals surface area contributed by atoms with E-state index in [2.05, 4.69) is 12.2 Å². The van der Waals surface area contributed by atoms with Crippen molar-refractivity contribution in [3.05, 3.63) is 45.6 Å². The van der Waals surface area contributed by atoms with E-state index in [1.165, 1.54) is 77.0 Å². The van der Waals surface area contributed by atoms with Crippen LogP contribution in [0.4, 0.5) is 0 Å². The van der Waals surface area contributed by atoms with Crippen LogP contribution in [-0.4, -0.2) is 0 Å². The number of allylic oxidation sites excluding steroid dienone is 8. The van der Waals surface area contributed by atoms with Gasteiger partial charge < -0.3 is 0 Å². The van der Waals surface area contributed by atoms with Gasteiger partial charge in [-0.3, -0.25) is 0 Å². The molecule has 1 saturated carbocycles. The first-order valence-electron chi connectivity index (χ1n) is 9.75. The summed E-state index contributed by atoms with van der Waals surface area (Å²) in [7, 11) is 0. The van der Waals surface area contributed by atoms with Crippen molar-refractivity contribution in [2.45, 2.75) is 77.0 Å². The summed E-state index contributed by atoms with van der Waals surface area (Å²) in [6, 6.07) is 0. The molecule has 5 aliphatic carbocycles. The van der Waals surface area contributed by atoms with Crippen LogP contribution in [0.3, 0.4) is 0 Å². The second kappa shape index (κ2) is 5.25. The summed E-state index contributed by atoms with van der Waals surface area (Å²) < 4.78 is 0. The minimum absolute atomic E-state index is 0.842. The minimum Gasteiger partial charge on any atom is -0.0627 e. The highest BCUT2D eigenvalue weighted by molar-refractivity contribution is 5.47. The van der Waals surface area contributed by atoms with Gasteiger partial charge in [0.25, 0.3) is 0 Å². The molecule has 0 saturated heterocycles. The van der Waals surface area contributed by atoms with Crippen LogP contribution in [-0.2, 0) is 0 Å². The second-order valence-electron chi connectivity index (χ2n) is 8.14. The lowest BCUT2D eigenvalue weighted by Gasteiger charge is -2.29. The van der Waals surface area contributed by atoms with Crippen molar-refractivity contribution in [3.63, 3.8) is 0 Å². The van der Waals surface area contributed by atoms with Gasteiger partial charge in [-0.05, 0) is 88.2 Å². The predicted octanol–water partition coefficient (Wildman–Crippen LogP) is 6.41. The summed E-state index contributed by atoms with van der Waals surface area (Å²) in [4.78, 5) is 0. The van der Waals surface area contributed by atoms with Crippen molar-refractivity contribution in [1.29, 1.82) is 0 Å². The number of rotatable bonds is 0. The second-order valence-corrected chi connectivity index (χ2v) is 8.14. The van der Waals surface area contributed by atoms with Crippen LogP contribution in [0.15, 0.2) is 45.6 Å². The molecule has 116 valence electrons. The van der Waals surface area contributed by atoms with Gasteiger partial charge in [0, 0.05) is 11.8 Å². The average molecular weight is 292 g/mol. The van der Waals surface area contributed by atoms with Crippen molar-refractivity contribution in [1.82, 2.24) is 0 Å². The molecule has 5 aliphatic rings. The number of hydrogen-bond donors (Lipinski definition) is 0. The van der Waals surface area contributed by atoms with Crippen molar-refractivity contribution in [2.24, 2.45) is 11.8 Å². The first kappa shape index (κ1) is 13.4. The zero-order chi connectivity index (χ0) is 14.5. The molecule has 2 atom stereocenters. The van der Waals surface area contributed by atoms with Crippen LogP contribution < -0.4 is 0 Å². The molecule has 0 aromatic heterocycles. The molecular formula is C22H28. The van der Waals surface area contributed by atoms with Gasteiger partial charge in [0.15, 0.2) is 0 Å². The van der Waals surface area contributed by atoms with Crippen LogP contribution >= 0.6 is 0 Å². The van der Waals surface area contributed by atoms with Crippen LogP contribution in [0, 0.1) is 11.8 Å². The Kier molecular flexibility index (Phi) is 3.20.